The van der Waals surface area contributed by atoms with Crippen LogP contribution in [0.3, 0.4) is 0 Å². The standard InChI is InChI=1S/C15H18FN3OS/c1-3-12(17)8-10-7-11(16)4-5-13(10)21-15-18-9(2)6-14(20)19-15/h4-7,12H,3,8,17H2,1-2H3,(H,18,19,20). The third kappa shape index (κ3) is 4.41. The zero-order valence-corrected chi connectivity index (χ0v) is 12.8. The summed E-state index contributed by atoms with van der Waals surface area (Å²) in [6, 6.07) is 6.00. The lowest BCUT2D eigenvalue weighted by atomic mass is 10.0. The average Bonchev–Trinajstić information content (AvgIpc) is 2.40. The molecular formula is C15H18FN3OS. The summed E-state index contributed by atoms with van der Waals surface area (Å²) in [5.41, 5.74) is 7.25. The van der Waals surface area contributed by atoms with Crippen molar-refractivity contribution in [3.05, 3.63) is 51.7 Å². The first-order valence-electron chi connectivity index (χ1n) is 6.77. The summed E-state index contributed by atoms with van der Waals surface area (Å²) < 4.78 is 13.4. The van der Waals surface area contributed by atoms with Crippen molar-refractivity contribution in [2.75, 3.05) is 0 Å². The zero-order chi connectivity index (χ0) is 15.4. The fraction of sp³-hybridized carbons (Fsp3) is 0.333. The summed E-state index contributed by atoms with van der Waals surface area (Å²) >= 11 is 1.31. The number of aromatic amines is 1. The second kappa shape index (κ2) is 6.87. The maximum absolute atomic E-state index is 13.4. The molecule has 3 N–H and O–H groups in total. The topological polar surface area (TPSA) is 71.8 Å². The molecule has 112 valence electrons. The summed E-state index contributed by atoms with van der Waals surface area (Å²) in [6.07, 6.45) is 1.41. The number of H-pyrrole nitrogens is 1. The van der Waals surface area contributed by atoms with Gasteiger partial charge in [-0.05, 0) is 43.5 Å². The number of rotatable bonds is 5. The van der Waals surface area contributed by atoms with Gasteiger partial charge in [0.15, 0.2) is 5.16 Å². The van der Waals surface area contributed by atoms with E-state index in [-0.39, 0.29) is 17.4 Å². The van der Waals surface area contributed by atoms with Crippen molar-refractivity contribution in [2.24, 2.45) is 5.73 Å². The molecule has 0 aliphatic heterocycles. The Bertz CT molecular complexity index is 687. The molecule has 21 heavy (non-hydrogen) atoms. The summed E-state index contributed by atoms with van der Waals surface area (Å²) in [6.45, 7) is 3.76. The molecule has 1 aromatic carbocycles. The smallest absolute Gasteiger partial charge is 0.251 e. The number of aryl methyl sites for hydroxylation is 1. The molecule has 0 saturated heterocycles. The third-order valence-electron chi connectivity index (χ3n) is 3.08. The van der Waals surface area contributed by atoms with Crippen LogP contribution in [0.5, 0.6) is 0 Å². The number of nitrogens with two attached hydrogens (primary N) is 1. The highest BCUT2D eigenvalue weighted by molar-refractivity contribution is 7.99. The van der Waals surface area contributed by atoms with E-state index in [0.29, 0.717) is 17.3 Å². The Kier molecular flexibility index (Phi) is 5.14. The van der Waals surface area contributed by atoms with Gasteiger partial charge in [-0.1, -0.05) is 18.7 Å². The number of halogens is 1. The minimum Gasteiger partial charge on any atom is -0.327 e. The van der Waals surface area contributed by atoms with Crippen molar-refractivity contribution in [1.82, 2.24) is 9.97 Å². The Morgan fingerprint density at radius 1 is 1.43 bits per heavy atom. The normalized spacial score (nSPS) is 12.4. The van der Waals surface area contributed by atoms with Gasteiger partial charge in [0.25, 0.3) is 5.56 Å². The monoisotopic (exact) mass is 307 g/mol. The minimum absolute atomic E-state index is 0.0179. The number of hydrogen-bond acceptors (Lipinski definition) is 4. The highest BCUT2D eigenvalue weighted by Gasteiger charge is 2.11. The van der Waals surface area contributed by atoms with E-state index in [1.54, 1.807) is 13.0 Å². The van der Waals surface area contributed by atoms with Crippen LogP contribution in [0.4, 0.5) is 4.39 Å². The van der Waals surface area contributed by atoms with Crippen molar-refractivity contribution in [1.29, 1.82) is 0 Å². The van der Waals surface area contributed by atoms with Crippen molar-refractivity contribution in [3.8, 4) is 0 Å². The Hall–Kier alpha value is -1.66. The van der Waals surface area contributed by atoms with Crippen molar-refractivity contribution < 1.29 is 4.39 Å². The number of hydrogen-bond donors (Lipinski definition) is 2. The number of aromatic nitrogens is 2. The van der Waals surface area contributed by atoms with Crippen molar-refractivity contribution in [2.45, 2.75) is 42.8 Å². The van der Waals surface area contributed by atoms with Gasteiger partial charge in [0.1, 0.15) is 5.82 Å². The van der Waals surface area contributed by atoms with Crippen LogP contribution in [-0.2, 0) is 6.42 Å². The van der Waals surface area contributed by atoms with Crippen LogP contribution in [0.2, 0.25) is 0 Å². The fourth-order valence-corrected chi connectivity index (χ4v) is 2.90. The van der Waals surface area contributed by atoms with Crippen LogP contribution < -0.4 is 11.3 Å². The summed E-state index contributed by atoms with van der Waals surface area (Å²) in [7, 11) is 0. The van der Waals surface area contributed by atoms with Crippen LogP contribution >= 0.6 is 11.8 Å². The largest absolute Gasteiger partial charge is 0.327 e. The van der Waals surface area contributed by atoms with E-state index >= 15 is 0 Å². The maximum atomic E-state index is 13.4. The van der Waals surface area contributed by atoms with Gasteiger partial charge >= 0.3 is 0 Å². The molecule has 1 aromatic heterocycles. The summed E-state index contributed by atoms with van der Waals surface area (Å²) in [5.74, 6) is -0.289. The first-order valence-corrected chi connectivity index (χ1v) is 7.59. The van der Waals surface area contributed by atoms with E-state index in [4.69, 9.17) is 5.73 Å². The molecule has 1 unspecified atom stereocenters. The Morgan fingerprint density at radius 3 is 2.86 bits per heavy atom. The first kappa shape index (κ1) is 15.7. The van der Waals surface area contributed by atoms with E-state index in [1.807, 2.05) is 6.92 Å². The fourth-order valence-electron chi connectivity index (χ4n) is 1.94. The van der Waals surface area contributed by atoms with Crippen LogP contribution in [0.1, 0.15) is 24.6 Å². The first-order chi connectivity index (χ1) is 9.97. The molecule has 1 atom stereocenters. The number of nitrogens with one attached hydrogen (secondary N) is 1. The van der Waals surface area contributed by atoms with Gasteiger partial charge in [0.05, 0.1) is 0 Å². The highest BCUT2D eigenvalue weighted by atomic mass is 32.2. The molecule has 0 spiro atoms. The predicted octanol–water partition coefficient (Wildman–Crippen LogP) is 2.65. The molecule has 1 heterocycles. The van der Waals surface area contributed by atoms with E-state index in [1.165, 1.54) is 30.0 Å². The molecule has 0 fully saturated rings. The van der Waals surface area contributed by atoms with Gasteiger partial charge in [0, 0.05) is 22.7 Å². The Labute approximate surface area is 127 Å². The maximum Gasteiger partial charge on any atom is 0.251 e. The summed E-state index contributed by atoms with van der Waals surface area (Å²) in [4.78, 5) is 19.3. The van der Waals surface area contributed by atoms with Crippen LogP contribution in [-0.4, -0.2) is 16.0 Å². The van der Waals surface area contributed by atoms with Gasteiger partial charge < -0.3 is 10.7 Å². The highest BCUT2D eigenvalue weighted by Crippen LogP contribution is 2.29. The lowest BCUT2D eigenvalue weighted by Gasteiger charge is -2.13. The van der Waals surface area contributed by atoms with E-state index in [9.17, 15) is 9.18 Å². The van der Waals surface area contributed by atoms with Crippen LogP contribution in [0.25, 0.3) is 0 Å². The van der Waals surface area contributed by atoms with Crippen LogP contribution in [0, 0.1) is 12.7 Å². The molecule has 0 saturated carbocycles. The number of nitrogens with zero attached hydrogens (tertiary/aromatic N) is 1. The lowest BCUT2D eigenvalue weighted by molar-refractivity contribution is 0.609. The van der Waals surface area contributed by atoms with Crippen LogP contribution in [0.15, 0.2) is 39.1 Å². The molecule has 0 radical (unpaired) electrons. The van der Waals surface area contributed by atoms with Gasteiger partial charge in [-0.2, -0.15) is 0 Å². The summed E-state index contributed by atoms with van der Waals surface area (Å²) in [5, 5.41) is 0.498. The van der Waals surface area contributed by atoms with Gasteiger partial charge in [0.2, 0.25) is 0 Å². The van der Waals surface area contributed by atoms with Gasteiger partial charge in [-0.15, -0.1) is 0 Å². The van der Waals surface area contributed by atoms with E-state index in [2.05, 4.69) is 9.97 Å². The second-order valence-corrected chi connectivity index (χ2v) is 5.95. The molecule has 0 amide bonds. The molecule has 0 bridgehead atoms. The molecule has 0 aliphatic rings. The van der Waals surface area contributed by atoms with Crippen molar-refractivity contribution in [3.63, 3.8) is 0 Å². The molecular weight excluding hydrogens is 289 g/mol. The Balaban J connectivity index is 2.32. The number of benzene rings is 1. The molecule has 6 heteroatoms. The van der Waals surface area contributed by atoms with Gasteiger partial charge in [-0.25, -0.2) is 9.37 Å². The minimum atomic E-state index is -0.289. The SMILES string of the molecule is CCC(N)Cc1cc(F)ccc1Sc1nc(C)cc(=O)[nH]1. The molecule has 4 nitrogen and oxygen atoms in total. The zero-order valence-electron chi connectivity index (χ0n) is 12.0. The second-order valence-electron chi connectivity index (χ2n) is 4.92. The van der Waals surface area contributed by atoms with Crippen molar-refractivity contribution >= 4 is 11.8 Å². The Morgan fingerprint density at radius 2 is 2.19 bits per heavy atom. The van der Waals surface area contributed by atoms with Gasteiger partial charge in [-0.3, -0.25) is 4.79 Å². The quantitative estimate of drug-likeness (QED) is 0.833. The molecule has 2 rings (SSSR count). The average molecular weight is 307 g/mol. The van der Waals surface area contributed by atoms with E-state index < -0.39 is 0 Å². The molecule has 2 aromatic rings. The third-order valence-corrected chi connectivity index (χ3v) is 4.09. The predicted molar refractivity (Wildman–Crippen MR) is 82.1 cm³/mol. The lowest BCUT2D eigenvalue weighted by Crippen LogP contribution is -2.21. The van der Waals surface area contributed by atoms with E-state index in [0.717, 1.165) is 16.9 Å². The molecule has 0 aliphatic carbocycles.